The van der Waals surface area contributed by atoms with Crippen molar-refractivity contribution in [1.29, 1.82) is 0 Å². The third-order valence-corrected chi connectivity index (χ3v) is 4.67. The minimum absolute atomic E-state index is 0.127. The average Bonchev–Trinajstić information content (AvgIpc) is 2.62. The minimum atomic E-state index is -0.323. The van der Waals surface area contributed by atoms with Crippen LogP contribution >= 0.6 is 28.1 Å². The summed E-state index contributed by atoms with van der Waals surface area (Å²) in [6.07, 6.45) is 0.849. The largest absolute Gasteiger partial charge is 0.352 e. The van der Waals surface area contributed by atoms with E-state index >= 15 is 0 Å². The Labute approximate surface area is 166 Å². The zero-order valence-corrected chi connectivity index (χ0v) is 17.0. The van der Waals surface area contributed by atoms with Crippen molar-refractivity contribution in [2.75, 3.05) is 11.9 Å². The fourth-order valence-electron chi connectivity index (χ4n) is 2.19. The first-order valence-electron chi connectivity index (χ1n) is 8.18. The van der Waals surface area contributed by atoms with Crippen LogP contribution in [0, 0.1) is 6.92 Å². The number of benzene rings is 2. The van der Waals surface area contributed by atoms with E-state index in [1.165, 1.54) is 0 Å². The second-order valence-electron chi connectivity index (χ2n) is 5.67. The molecule has 0 aliphatic heterocycles. The Bertz CT molecular complexity index is 839. The lowest BCUT2D eigenvalue weighted by molar-refractivity contribution is 0.0952. The Kier molecular flexibility index (Phi) is 7.29. The van der Waals surface area contributed by atoms with Crippen molar-refractivity contribution in [2.45, 2.75) is 20.3 Å². The molecule has 0 aliphatic rings. The molecular formula is C19H20BrN3O2S. The van der Waals surface area contributed by atoms with Crippen molar-refractivity contribution < 1.29 is 9.59 Å². The van der Waals surface area contributed by atoms with Crippen molar-refractivity contribution in [1.82, 2.24) is 10.6 Å². The summed E-state index contributed by atoms with van der Waals surface area (Å²) >= 11 is 8.63. The van der Waals surface area contributed by atoms with E-state index < -0.39 is 0 Å². The normalized spacial score (nSPS) is 10.1. The number of halogens is 1. The van der Waals surface area contributed by atoms with E-state index in [2.05, 4.69) is 31.9 Å². The van der Waals surface area contributed by atoms with Crippen LogP contribution in [-0.4, -0.2) is 23.5 Å². The van der Waals surface area contributed by atoms with E-state index in [1.807, 2.05) is 19.9 Å². The fraction of sp³-hybridized carbons (Fsp3) is 0.211. The highest BCUT2D eigenvalue weighted by atomic mass is 79.9. The standard InChI is InChI=1S/C19H20BrN3O2S/c1-3-10-21-18(25)14-6-4-5-7-16(14)22-19(26)23-17(24)13-9-8-12(2)15(20)11-13/h4-9,11H,3,10H2,1-2H3,(H,21,25)(H2,22,23,24,26). The lowest BCUT2D eigenvalue weighted by atomic mass is 10.1. The zero-order chi connectivity index (χ0) is 19.1. The summed E-state index contributed by atoms with van der Waals surface area (Å²) in [5, 5.41) is 8.50. The number of carbonyl (C=O) groups excluding carboxylic acids is 2. The van der Waals surface area contributed by atoms with E-state index in [0.29, 0.717) is 23.4 Å². The van der Waals surface area contributed by atoms with E-state index in [4.69, 9.17) is 12.2 Å². The Morgan fingerprint density at radius 3 is 2.54 bits per heavy atom. The van der Waals surface area contributed by atoms with Crippen molar-refractivity contribution >= 4 is 50.8 Å². The first-order valence-corrected chi connectivity index (χ1v) is 9.38. The van der Waals surface area contributed by atoms with E-state index in [0.717, 1.165) is 16.5 Å². The smallest absolute Gasteiger partial charge is 0.257 e. The summed E-state index contributed by atoms with van der Waals surface area (Å²) in [7, 11) is 0. The van der Waals surface area contributed by atoms with Gasteiger partial charge < -0.3 is 10.6 Å². The number of aryl methyl sites for hydroxylation is 1. The van der Waals surface area contributed by atoms with Crippen molar-refractivity contribution in [2.24, 2.45) is 0 Å². The summed E-state index contributed by atoms with van der Waals surface area (Å²) in [5.41, 5.74) is 2.53. The molecule has 0 atom stereocenters. The molecule has 0 radical (unpaired) electrons. The Balaban J connectivity index is 2.07. The molecule has 0 fully saturated rings. The van der Waals surface area contributed by atoms with Gasteiger partial charge in [-0.05, 0) is 55.4 Å². The van der Waals surface area contributed by atoms with Gasteiger partial charge in [0.25, 0.3) is 11.8 Å². The first-order chi connectivity index (χ1) is 12.4. The van der Waals surface area contributed by atoms with Gasteiger partial charge in [0.15, 0.2) is 5.11 Å². The molecule has 2 amide bonds. The molecule has 0 saturated carbocycles. The van der Waals surface area contributed by atoms with E-state index in [9.17, 15) is 9.59 Å². The summed E-state index contributed by atoms with van der Waals surface area (Å²) in [5.74, 6) is -0.511. The molecular weight excluding hydrogens is 414 g/mol. The molecule has 0 heterocycles. The first kappa shape index (κ1) is 20.1. The number of hydrogen-bond acceptors (Lipinski definition) is 3. The number of para-hydroxylation sites is 1. The lowest BCUT2D eigenvalue weighted by Gasteiger charge is -2.13. The Hall–Kier alpha value is -2.25. The van der Waals surface area contributed by atoms with E-state index in [-0.39, 0.29) is 16.9 Å². The number of rotatable bonds is 5. The van der Waals surface area contributed by atoms with Crippen LogP contribution < -0.4 is 16.0 Å². The van der Waals surface area contributed by atoms with E-state index in [1.54, 1.807) is 36.4 Å². The summed E-state index contributed by atoms with van der Waals surface area (Å²) in [6, 6.07) is 12.3. The molecule has 2 aromatic rings. The molecule has 0 aromatic heterocycles. The number of nitrogens with one attached hydrogen (secondary N) is 3. The highest BCUT2D eigenvalue weighted by Crippen LogP contribution is 2.18. The van der Waals surface area contributed by atoms with Crippen LogP contribution in [0.1, 0.15) is 39.6 Å². The molecule has 0 aliphatic carbocycles. The third kappa shape index (κ3) is 5.37. The van der Waals surface area contributed by atoms with Crippen LogP contribution in [0.15, 0.2) is 46.9 Å². The average molecular weight is 434 g/mol. The molecule has 0 bridgehead atoms. The summed E-state index contributed by atoms with van der Waals surface area (Å²) in [4.78, 5) is 24.6. The predicted molar refractivity (Wildman–Crippen MR) is 112 cm³/mol. The maximum absolute atomic E-state index is 12.3. The van der Waals surface area contributed by atoms with Crippen LogP contribution in [-0.2, 0) is 0 Å². The summed E-state index contributed by atoms with van der Waals surface area (Å²) in [6.45, 7) is 4.52. The van der Waals surface area contributed by atoms with Crippen LogP contribution in [0.25, 0.3) is 0 Å². The van der Waals surface area contributed by atoms with Gasteiger partial charge in [0.1, 0.15) is 0 Å². The van der Waals surface area contributed by atoms with Gasteiger partial charge in [-0.2, -0.15) is 0 Å². The quantitative estimate of drug-likeness (QED) is 0.622. The summed E-state index contributed by atoms with van der Waals surface area (Å²) < 4.78 is 0.849. The molecule has 7 heteroatoms. The number of thiocarbonyl (C=S) groups is 1. The molecule has 2 rings (SSSR count). The van der Waals surface area contributed by atoms with Crippen molar-refractivity contribution in [3.63, 3.8) is 0 Å². The topological polar surface area (TPSA) is 70.2 Å². The molecule has 0 unspecified atom stereocenters. The highest BCUT2D eigenvalue weighted by molar-refractivity contribution is 9.10. The number of hydrogen-bond donors (Lipinski definition) is 3. The minimum Gasteiger partial charge on any atom is -0.352 e. The Morgan fingerprint density at radius 2 is 1.85 bits per heavy atom. The predicted octanol–water partition coefficient (Wildman–Crippen LogP) is 4.02. The molecule has 0 spiro atoms. The van der Waals surface area contributed by atoms with Gasteiger partial charge >= 0.3 is 0 Å². The highest BCUT2D eigenvalue weighted by Gasteiger charge is 2.13. The maximum atomic E-state index is 12.3. The van der Waals surface area contributed by atoms with Gasteiger partial charge in [0.2, 0.25) is 0 Å². The van der Waals surface area contributed by atoms with Gasteiger partial charge in [0.05, 0.1) is 11.3 Å². The second kappa shape index (κ2) is 9.45. The molecule has 136 valence electrons. The van der Waals surface area contributed by atoms with Crippen LogP contribution in [0.3, 0.4) is 0 Å². The zero-order valence-electron chi connectivity index (χ0n) is 14.6. The molecule has 0 saturated heterocycles. The maximum Gasteiger partial charge on any atom is 0.257 e. The van der Waals surface area contributed by atoms with Gasteiger partial charge in [0, 0.05) is 16.6 Å². The van der Waals surface area contributed by atoms with Crippen LogP contribution in [0.5, 0.6) is 0 Å². The molecule has 2 aromatic carbocycles. The SMILES string of the molecule is CCCNC(=O)c1ccccc1NC(=S)NC(=O)c1ccc(C)c(Br)c1. The fourth-order valence-corrected chi connectivity index (χ4v) is 2.77. The molecule has 3 N–H and O–H groups in total. The van der Waals surface area contributed by atoms with Crippen molar-refractivity contribution in [3.05, 3.63) is 63.6 Å². The number of carbonyl (C=O) groups is 2. The molecule has 26 heavy (non-hydrogen) atoms. The van der Waals surface area contributed by atoms with Crippen LogP contribution in [0.4, 0.5) is 5.69 Å². The van der Waals surface area contributed by atoms with Gasteiger partial charge in [-0.3, -0.25) is 14.9 Å². The van der Waals surface area contributed by atoms with Gasteiger partial charge in [-0.15, -0.1) is 0 Å². The number of amides is 2. The third-order valence-electron chi connectivity index (χ3n) is 3.62. The Morgan fingerprint density at radius 1 is 1.12 bits per heavy atom. The van der Waals surface area contributed by atoms with Crippen molar-refractivity contribution in [3.8, 4) is 0 Å². The lowest BCUT2D eigenvalue weighted by Crippen LogP contribution is -2.35. The monoisotopic (exact) mass is 433 g/mol. The van der Waals surface area contributed by atoms with Gasteiger partial charge in [-0.25, -0.2) is 0 Å². The number of anilines is 1. The van der Waals surface area contributed by atoms with Crippen LogP contribution in [0.2, 0.25) is 0 Å². The molecule has 5 nitrogen and oxygen atoms in total. The second-order valence-corrected chi connectivity index (χ2v) is 6.94. The van der Waals surface area contributed by atoms with Gasteiger partial charge in [-0.1, -0.05) is 41.1 Å².